The molecule has 5 heterocycles. The van der Waals surface area contributed by atoms with Crippen LogP contribution in [0.25, 0.3) is 45.9 Å². The molecule has 1 radical (unpaired) electrons. The molecule has 0 saturated carbocycles. The van der Waals surface area contributed by atoms with Crippen molar-refractivity contribution in [1.82, 2.24) is 19.9 Å². The number of rotatable bonds is 2. The zero-order valence-corrected chi connectivity index (χ0v) is 19.8. The van der Waals surface area contributed by atoms with Gasteiger partial charge in [0.1, 0.15) is 0 Å². The van der Waals surface area contributed by atoms with Gasteiger partial charge >= 0.3 is 0 Å². The summed E-state index contributed by atoms with van der Waals surface area (Å²) in [5, 5.41) is 0. The van der Waals surface area contributed by atoms with E-state index in [4.69, 9.17) is 15.7 Å². The predicted molar refractivity (Wildman–Crippen MR) is 131 cm³/mol. The van der Waals surface area contributed by atoms with Crippen LogP contribution in [-0.2, 0) is 28.9 Å². The topological polar surface area (TPSA) is 83.4 Å². The van der Waals surface area contributed by atoms with Crippen molar-refractivity contribution in [2.45, 2.75) is 6.54 Å². The van der Waals surface area contributed by atoms with E-state index in [9.17, 15) is 0 Å². The summed E-state index contributed by atoms with van der Waals surface area (Å²) >= 11 is 0. The first-order chi connectivity index (χ1) is 15.7. The average molecular weight is 612 g/mol. The van der Waals surface area contributed by atoms with Crippen LogP contribution in [0.3, 0.4) is 0 Å². The number of hydrogen-bond donors (Lipinski definition) is 3. The minimum atomic E-state index is 0. The number of fused-ring (bicyclic) bond motifs is 8. The van der Waals surface area contributed by atoms with Crippen LogP contribution in [0, 0.1) is 0 Å². The zero-order chi connectivity index (χ0) is 21.5. The van der Waals surface area contributed by atoms with Crippen molar-refractivity contribution in [3.8, 4) is 0 Å². The number of aromatic nitrogens is 4. The second kappa shape index (κ2) is 8.81. The molecule has 1 aromatic carbocycles. The maximum atomic E-state index is 5.78. The first-order valence-electron chi connectivity index (χ1n) is 10.6. The fourth-order valence-electron chi connectivity index (χ4n) is 4.07. The number of hydrogen-bond acceptors (Lipinski definition) is 3. The molecular weight excluding hydrogens is 591 g/mol. The monoisotopic (exact) mass is 612 g/mol. The van der Waals surface area contributed by atoms with Gasteiger partial charge in [0.25, 0.3) is 0 Å². The maximum Gasteiger partial charge on any atom is 0.0736 e. The van der Waals surface area contributed by atoms with Crippen LogP contribution in [0.4, 0.5) is 0 Å². The normalized spacial score (nSPS) is 12.3. The van der Waals surface area contributed by atoms with Gasteiger partial charge in [0.05, 0.1) is 22.8 Å². The van der Waals surface area contributed by atoms with Crippen molar-refractivity contribution in [3.63, 3.8) is 0 Å². The summed E-state index contributed by atoms with van der Waals surface area (Å²) in [7, 11) is 0. The molecule has 6 heteroatoms. The van der Waals surface area contributed by atoms with E-state index in [0.717, 1.165) is 61.5 Å². The summed E-state index contributed by atoms with van der Waals surface area (Å²) in [6, 6.07) is 24.8. The van der Waals surface area contributed by atoms with Crippen LogP contribution >= 0.6 is 0 Å². The van der Waals surface area contributed by atoms with Gasteiger partial charge in [-0.1, -0.05) is 24.3 Å². The van der Waals surface area contributed by atoms with Crippen LogP contribution in [0.5, 0.6) is 0 Å². The van der Waals surface area contributed by atoms with Gasteiger partial charge in [0.15, 0.2) is 0 Å². The molecule has 6 rings (SSSR count). The molecular formula is C27H21AuN5. The SMILES string of the molecule is NCc1ccc(C2=Cc3cc4ccc(cc5nc(cc6ccc(cc2n3)[nH]6)C=C5)[nH]4)cc1.[Au]. The molecule has 0 amide bonds. The zero-order valence-electron chi connectivity index (χ0n) is 17.6. The second-order valence-electron chi connectivity index (χ2n) is 7.99. The number of benzene rings is 1. The van der Waals surface area contributed by atoms with Gasteiger partial charge < -0.3 is 15.7 Å². The molecule has 0 aliphatic carbocycles. The van der Waals surface area contributed by atoms with Crippen LogP contribution in [0.2, 0.25) is 0 Å². The molecule has 0 spiro atoms. The van der Waals surface area contributed by atoms with E-state index < -0.39 is 0 Å². The first-order valence-corrected chi connectivity index (χ1v) is 10.6. The summed E-state index contributed by atoms with van der Waals surface area (Å²) in [6.45, 7) is 0.533. The predicted octanol–water partition coefficient (Wildman–Crippen LogP) is 5.53. The Morgan fingerprint density at radius 2 is 1.18 bits per heavy atom. The van der Waals surface area contributed by atoms with Crippen molar-refractivity contribution in [1.29, 1.82) is 0 Å². The smallest absolute Gasteiger partial charge is 0.0736 e. The third-order valence-corrected chi connectivity index (χ3v) is 5.67. The van der Waals surface area contributed by atoms with E-state index in [1.807, 2.05) is 24.3 Å². The summed E-state index contributed by atoms with van der Waals surface area (Å²) in [5.41, 5.74) is 16.8. The number of nitrogens with one attached hydrogen (secondary N) is 2. The molecule has 0 unspecified atom stereocenters. The summed E-state index contributed by atoms with van der Waals surface area (Å²) in [4.78, 5) is 16.5. The van der Waals surface area contributed by atoms with Gasteiger partial charge in [0.2, 0.25) is 0 Å². The number of nitrogens with zero attached hydrogens (tertiary/aromatic N) is 2. The minimum absolute atomic E-state index is 0. The Morgan fingerprint density at radius 3 is 1.76 bits per heavy atom. The van der Waals surface area contributed by atoms with Crippen LogP contribution in [0.1, 0.15) is 33.9 Å². The Morgan fingerprint density at radius 1 is 0.636 bits per heavy atom. The fraction of sp³-hybridized carbons (Fsp3) is 0.0370. The molecule has 8 bridgehead atoms. The van der Waals surface area contributed by atoms with Crippen molar-refractivity contribution in [3.05, 3.63) is 107 Å². The Balaban J connectivity index is 0.00000228. The average Bonchev–Trinajstić information content (AvgIpc) is 3.59. The number of H-pyrrole nitrogens is 2. The van der Waals surface area contributed by atoms with Gasteiger partial charge in [-0.05, 0) is 77.9 Å². The molecule has 4 aromatic rings. The Labute approximate surface area is 206 Å². The van der Waals surface area contributed by atoms with Crippen LogP contribution in [0.15, 0.2) is 72.8 Å². The summed E-state index contributed by atoms with van der Waals surface area (Å²) in [6.07, 6.45) is 6.18. The maximum absolute atomic E-state index is 5.78. The number of aromatic amines is 2. The molecule has 2 aliphatic heterocycles. The van der Waals surface area contributed by atoms with E-state index in [-0.39, 0.29) is 22.4 Å². The van der Waals surface area contributed by atoms with Gasteiger partial charge in [-0.3, -0.25) is 0 Å². The van der Waals surface area contributed by atoms with Gasteiger partial charge in [0, 0.05) is 56.6 Å². The van der Waals surface area contributed by atoms with Crippen LogP contribution < -0.4 is 5.73 Å². The standard InChI is InChI=1S/C27H21N5.Au/c28-16-17-1-3-18(4-2-17)26-14-25-13-23-8-7-21(30-23)11-19-5-6-20(29-19)12-22-9-10-24(31-22)15-27(26)32-25;/h1-15,30-31H,16,28H2;. The molecule has 0 saturated heterocycles. The van der Waals surface area contributed by atoms with E-state index in [1.165, 1.54) is 0 Å². The van der Waals surface area contributed by atoms with Gasteiger partial charge in [-0.2, -0.15) is 0 Å². The largest absolute Gasteiger partial charge is 0.355 e. The van der Waals surface area contributed by atoms with Gasteiger partial charge in [-0.25, -0.2) is 9.97 Å². The fourth-order valence-corrected chi connectivity index (χ4v) is 4.07. The summed E-state index contributed by atoms with van der Waals surface area (Å²) < 4.78 is 0. The molecule has 0 fully saturated rings. The van der Waals surface area contributed by atoms with E-state index in [0.29, 0.717) is 6.54 Å². The van der Waals surface area contributed by atoms with Gasteiger partial charge in [-0.15, -0.1) is 0 Å². The third kappa shape index (κ3) is 4.40. The second-order valence-corrected chi connectivity index (χ2v) is 7.99. The molecule has 0 atom stereocenters. The van der Waals surface area contributed by atoms with Crippen molar-refractivity contribution in [2.75, 3.05) is 0 Å². The van der Waals surface area contributed by atoms with E-state index >= 15 is 0 Å². The molecule has 33 heavy (non-hydrogen) atoms. The van der Waals surface area contributed by atoms with Crippen molar-refractivity contribution in [2.24, 2.45) is 5.73 Å². The molecule has 3 aromatic heterocycles. The van der Waals surface area contributed by atoms with Crippen molar-refractivity contribution < 1.29 is 22.4 Å². The Bertz CT molecular complexity index is 1560. The van der Waals surface area contributed by atoms with Crippen LogP contribution in [-0.4, -0.2) is 19.9 Å². The molecule has 165 valence electrons. The summed E-state index contributed by atoms with van der Waals surface area (Å²) in [5.74, 6) is 0. The molecule has 5 nitrogen and oxygen atoms in total. The quantitative estimate of drug-likeness (QED) is 0.225. The Hall–Kier alpha value is -3.48. The molecule has 2 aliphatic rings. The third-order valence-electron chi connectivity index (χ3n) is 5.67. The van der Waals surface area contributed by atoms with Crippen molar-refractivity contribution >= 4 is 45.9 Å². The Kier molecular flexibility index (Phi) is 5.70. The number of nitrogens with two attached hydrogens (primary N) is 1. The first kappa shape index (κ1) is 21.4. The minimum Gasteiger partial charge on any atom is -0.355 e. The van der Waals surface area contributed by atoms with E-state index in [1.54, 1.807) is 0 Å². The van der Waals surface area contributed by atoms with E-state index in [2.05, 4.69) is 76.7 Å². The molecule has 4 N–H and O–H groups in total.